The Bertz CT molecular complexity index is 454. The van der Waals surface area contributed by atoms with Crippen molar-refractivity contribution >= 4 is 17.5 Å². The summed E-state index contributed by atoms with van der Waals surface area (Å²) >= 11 is 6.01. The maximum atomic E-state index is 6.01. The summed E-state index contributed by atoms with van der Waals surface area (Å²) in [5.41, 5.74) is 0. The van der Waals surface area contributed by atoms with E-state index in [9.17, 15) is 0 Å². The van der Waals surface area contributed by atoms with Crippen LogP contribution in [0.1, 0.15) is 13.3 Å². The van der Waals surface area contributed by atoms with E-state index >= 15 is 0 Å². The van der Waals surface area contributed by atoms with Gasteiger partial charge in [0.1, 0.15) is 5.02 Å². The molecular weight excluding hydrogens is 226 g/mol. The van der Waals surface area contributed by atoms with E-state index < -0.39 is 0 Å². The Balaban J connectivity index is 2.30. The van der Waals surface area contributed by atoms with E-state index in [1.54, 1.807) is 23.3 Å². The molecule has 0 spiro atoms. The predicted molar refractivity (Wildman–Crippen MR) is 62.9 cm³/mol. The van der Waals surface area contributed by atoms with E-state index in [-0.39, 0.29) is 0 Å². The molecule has 2 aromatic rings. The van der Waals surface area contributed by atoms with Crippen LogP contribution in [0.2, 0.25) is 5.02 Å². The molecule has 16 heavy (non-hydrogen) atoms. The summed E-state index contributed by atoms with van der Waals surface area (Å²) in [5.74, 6) is 1.15. The van der Waals surface area contributed by atoms with Gasteiger partial charge in [-0.15, -0.1) is 0 Å². The molecule has 84 valence electrons. The minimum atomic E-state index is 0.478. The fraction of sp³-hybridized carbons (Fsp3) is 0.300. The van der Waals surface area contributed by atoms with Crippen LogP contribution >= 0.6 is 11.6 Å². The fourth-order valence-corrected chi connectivity index (χ4v) is 1.41. The smallest absolute Gasteiger partial charge is 0.224 e. The van der Waals surface area contributed by atoms with Gasteiger partial charge in [0.05, 0.1) is 6.20 Å². The standard InChI is InChI=1S/C10H12ClN5/c1-2-4-12-10-13-7-8(11)9(15-10)16-6-3-5-14-16/h3,5-7H,2,4H2,1H3,(H,12,13,15). The largest absolute Gasteiger partial charge is 0.354 e. The van der Waals surface area contributed by atoms with Crippen LogP contribution in [-0.4, -0.2) is 26.3 Å². The second-order valence-electron chi connectivity index (χ2n) is 3.24. The number of halogens is 1. The third-order valence-corrected chi connectivity index (χ3v) is 2.25. The highest BCUT2D eigenvalue weighted by Crippen LogP contribution is 2.17. The van der Waals surface area contributed by atoms with E-state index in [2.05, 4.69) is 27.3 Å². The summed E-state index contributed by atoms with van der Waals surface area (Å²) in [6.45, 7) is 2.91. The lowest BCUT2D eigenvalue weighted by Gasteiger charge is -2.06. The van der Waals surface area contributed by atoms with Crippen molar-refractivity contribution in [1.82, 2.24) is 19.7 Å². The van der Waals surface area contributed by atoms with E-state index in [0.717, 1.165) is 13.0 Å². The molecule has 0 radical (unpaired) electrons. The Hall–Kier alpha value is -1.62. The van der Waals surface area contributed by atoms with Gasteiger partial charge in [0, 0.05) is 18.9 Å². The highest BCUT2D eigenvalue weighted by Gasteiger charge is 2.06. The van der Waals surface area contributed by atoms with E-state index in [1.165, 1.54) is 0 Å². The van der Waals surface area contributed by atoms with Crippen molar-refractivity contribution in [3.05, 3.63) is 29.7 Å². The molecule has 0 saturated carbocycles. The first-order valence-corrected chi connectivity index (χ1v) is 5.45. The van der Waals surface area contributed by atoms with Crippen LogP contribution < -0.4 is 5.32 Å². The number of nitrogens with one attached hydrogen (secondary N) is 1. The lowest BCUT2D eigenvalue weighted by Crippen LogP contribution is -2.07. The Kier molecular flexibility index (Phi) is 3.36. The molecule has 0 aromatic carbocycles. The molecule has 0 aliphatic heterocycles. The van der Waals surface area contributed by atoms with Crippen molar-refractivity contribution in [3.8, 4) is 5.82 Å². The van der Waals surface area contributed by atoms with Gasteiger partial charge in [-0.25, -0.2) is 9.67 Å². The average molecular weight is 238 g/mol. The molecule has 5 nitrogen and oxygen atoms in total. The average Bonchev–Trinajstić information content (AvgIpc) is 2.81. The molecular formula is C10H12ClN5. The SMILES string of the molecule is CCCNc1ncc(Cl)c(-n2cccn2)n1. The molecule has 0 bridgehead atoms. The van der Waals surface area contributed by atoms with Crippen molar-refractivity contribution in [1.29, 1.82) is 0 Å². The van der Waals surface area contributed by atoms with E-state index in [0.29, 0.717) is 16.8 Å². The van der Waals surface area contributed by atoms with Crippen molar-refractivity contribution < 1.29 is 0 Å². The third-order valence-electron chi connectivity index (χ3n) is 1.98. The first kappa shape index (κ1) is 10.9. The quantitative estimate of drug-likeness (QED) is 0.885. The van der Waals surface area contributed by atoms with Gasteiger partial charge < -0.3 is 5.32 Å². The highest BCUT2D eigenvalue weighted by atomic mass is 35.5. The normalized spacial score (nSPS) is 10.4. The Morgan fingerprint density at radius 3 is 3.06 bits per heavy atom. The molecule has 0 unspecified atom stereocenters. The molecule has 2 rings (SSSR count). The lowest BCUT2D eigenvalue weighted by molar-refractivity contribution is 0.836. The molecule has 6 heteroatoms. The van der Waals surface area contributed by atoms with Crippen LogP contribution in [0.3, 0.4) is 0 Å². The van der Waals surface area contributed by atoms with Crippen LogP contribution in [-0.2, 0) is 0 Å². The molecule has 1 N–H and O–H groups in total. The van der Waals surface area contributed by atoms with Crippen LogP contribution in [0, 0.1) is 0 Å². The maximum Gasteiger partial charge on any atom is 0.224 e. The lowest BCUT2D eigenvalue weighted by atomic mass is 10.5. The van der Waals surface area contributed by atoms with Crippen LogP contribution in [0.15, 0.2) is 24.7 Å². The molecule has 0 saturated heterocycles. The number of anilines is 1. The second kappa shape index (κ2) is 4.94. The fourth-order valence-electron chi connectivity index (χ4n) is 1.23. The predicted octanol–water partition coefficient (Wildman–Crippen LogP) is 2.14. The van der Waals surface area contributed by atoms with Crippen LogP contribution in [0.25, 0.3) is 5.82 Å². The molecule has 0 amide bonds. The zero-order chi connectivity index (χ0) is 11.4. The molecule has 0 aliphatic carbocycles. The molecule has 0 aliphatic rings. The highest BCUT2D eigenvalue weighted by molar-refractivity contribution is 6.32. The number of hydrogen-bond donors (Lipinski definition) is 1. The topological polar surface area (TPSA) is 55.6 Å². The maximum absolute atomic E-state index is 6.01. The van der Waals surface area contributed by atoms with Gasteiger partial charge in [-0.2, -0.15) is 10.1 Å². The first-order valence-electron chi connectivity index (χ1n) is 5.07. The van der Waals surface area contributed by atoms with Crippen molar-refractivity contribution in [3.63, 3.8) is 0 Å². The van der Waals surface area contributed by atoms with Crippen molar-refractivity contribution in [2.45, 2.75) is 13.3 Å². The summed E-state index contributed by atoms with van der Waals surface area (Å²) in [4.78, 5) is 8.39. The zero-order valence-electron chi connectivity index (χ0n) is 8.89. The molecule has 0 fully saturated rings. The van der Waals surface area contributed by atoms with Gasteiger partial charge in [-0.1, -0.05) is 18.5 Å². The summed E-state index contributed by atoms with van der Waals surface area (Å²) in [5, 5.41) is 7.66. The van der Waals surface area contributed by atoms with E-state index in [1.807, 2.05) is 6.07 Å². The van der Waals surface area contributed by atoms with Gasteiger partial charge in [0.2, 0.25) is 5.95 Å². The number of hydrogen-bond acceptors (Lipinski definition) is 4. The van der Waals surface area contributed by atoms with Gasteiger partial charge in [-0.3, -0.25) is 0 Å². The summed E-state index contributed by atoms with van der Waals surface area (Å²) in [7, 11) is 0. The molecule has 2 heterocycles. The minimum Gasteiger partial charge on any atom is -0.354 e. The number of rotatable bonds is 4. The van der Waals surface area contributed by atoms with Gasteiger partial charge >= 0.3 is 0 Å². The Morgan fingerprint density at radius 2 is 2.38 bits per heavy atom. The monoisotopic (exact) mass is 237 g/mol. The second-order valence-corrected chi connectivity index (χ2v) is 3.65. The summed E-state index contributed by atoms with van der Waals surface area (Å²) in [6.07, 6.45) is 6.06. The zero-order valence-corrected chi connectivity index (χ0v) is 9.65. The number of aromatic nitrogens is 4. The van der Waals surface area contributed by atoms with Crippen LogP contribution in [0.4, 0.5) is 5.95 Å². The third kappa shape index (κ3) is 2.30. The first-order chi connectivity index (χ1) is 7.81. The van der Waals surface area contributed by atoms with Crippen LogP contribution in [0.5, 0.6) is 0 Å². The van der Waals surface area contributed by atoms with Crippen molar-refractivity contribution in [2.75, 3.05) is 11.9 Å². The minimum absolute atomic E-state index is 0.478. The van der Waals surface area contributed by atoms with E-state index in [4.69, 9.17) is 11.6 Å². The van der Waals surface area contributed by atoms with Gasteiger partial charge in [-0.05, 0) is 12.5 Å². The van der Waals surface area contributed by atoms with Crippen molar-refractivity contribution in [2.24, 2.45) is 0 Å². The van der Waals surface area contributed by atoms with Gasteiger partial charge in [0.15, 0.2) is 5.82 Å². The number of nitrogens with zero attached hydrogens (tertiary/aromatic N) is 4. The van der Waals surface area contributed by atoms with Gasteiger partial charge in [0.25, 0.3) is 0 Å². The summed E-state index contributed by atoms with van der Waals surface area (Å²) < 4.78 is 1.61. The summed E-state index contributed by atoms with van der Waals surface area (Å²) in [6, 6.07) is 1.82. The molecule has 2 aromatic heterocycles. The molecule has 0 atom stereocenters. The Morgan fingerprint density at radius 1 is 1.50 bits per heavy atom. The Labute approximate surface area is 98.5 Å².